The van der Waals surface area contributed by atoms with Crippen LogP contribution in [0.2, 0.25) is 0 Å². The molecule has 0 aliphatic carbocycles. The van der Waals surface area contributed by atoms with Gasteiger partial charge in [-0.1, -0.05) is 0 Å². The van der Waals surface area contributed by atoms with Gasteiger partial charge in [0.2, 0.25) is 0 Å². The van der Waals surface area contributed by atoms with Gasteiger partial charge in [0.25, 0.3) is 5.91 Å². The highest BCUT2D eigenvalue weighted by Crippen LogP contribution is 2.18. The van der Waals surface area contributed by atoms with E-state index in [9.17, 15) is 4.79 Å². The van der Waals surface area contributed by atoms with Crippen molar-refractivity contribution in [3.05, 3.63) is 18.1 Å². The normalized spacial score (nSPS) is 19.9. The fourth-order valence-corrected chi connectivity index (χ4v) is 2.10. The number of piperidine rings is 1. The van der Waals surface area contributed by atoms with Crippen molar-refractivity contribution in [1.29, 1.82) is 0 Å². The van der Waals surface area contributed by atoms with Gasteiger partial charge in [-0.25, -0.2) is 9.97 Å². The zero-order valence-corrected chi connectivity index (χ0v) is 9.89. The van der Waals surface area contributed by atoms with Crippen LogP contribution in [0.1, 0.15) is 23.3 Å². The minimum absolute atomic E-state index is 0.237. The van der Waals surface area contributed by atoms with E-state index in [1.807, 2.05) is 11.9 Å². The molecule has 0 saturated carbocycles. The molecule has 6 heteroatoms. The highest BCUT2D eigenvalue weighted by Gasteiger charge is 2.22. The predicted octanol–water partition coefficient (Wildman–Crippen LogP) is -0.236. The van der Waals surface area contributed by atoms with Crippen LogP contribution in [-0.2, 0) is 0 Å². The standard InChI is InChI=1S/C11H17N5O/c1-16(8-3-2-4-13-7-8)11-9(10(12)17)14-5-6-15-11/h5-6,8,13H,2-4,7H2,1H3,(H2,12,17). The Kier molecular flexibility index (Phi) is 3.53. The minimum atomic E-state index is -0.538. The number of nitrogens with two attached hydrogens (primary N) is 1. The topological polar surface area (TPSA) is 84.1 Å². The number of anilines is 1. The molecular weight excluding hydrogens is 218 g/mol. The molecule has 17 heavy (non-hydrogen) atoms. The summed E-state index contributed by atoms with van der Waals surface area (Å²) in [5.41, 5.74) is 5.53. The van der Waals surface area contributed by atoms with Crippen molar-refractivity contribution in [2.24, 2.45) is 5.73 Å². The van der Waals surface area contributed by atoms with Gasteiger partial charge in [-0.2, -0.15) is 0 Å². The molecule has 2 rings (SSSR count). The van der Waals surface area contributed by atoms with E-state index in [1.165, 1.54) is 6.20 Å². The van der Waals surface area contributed by atoms with Gasteiger partial charge in [0, 0.05) is 32.0 Å². The van der Waals surface area contributed by atoms with Crippen LogP contribution in [0.3, 0.4) is 0 Å². The lowest BCUT2D eigenvalue weighted by Crippen LogP contribution is -2.45. The van der Waals surface area contributed by atoms with E-state index in [0.717, 1.165) is 25.9 Å². The van der Waals surface area contributed by atoms with Crippen molar-refractivity contribution in [3.63, 3.8) is 0 Å². The maximum absolute atomic E-state index is 11.3. The summed E-state index contributed by atoms with van der Waals surface area (Å²) in [6, 6.07) is 0.332. The summed E-state index contributed by atoms with van der Waals surface area (Å²) >= 11 is 0. The first-order valence-corrected chi connectivity index (χ1v) is 5.74. The summed E-state index contributed by atoms with van der Waals surface area (Å²) in [5, 5.41) is 3.33. The van der Waals surface area contributed by atoms with Crippen molar-refractivity contribution < 1.29 is 4.79 Å². The van der Waals surface area contributed by atoms with E-state index in [2.05, 4.69) is 15.3 Å². The van der Waals surface area contributed by atoms with Crippen molar-refractivity contribution in [2.75, 3.05) is 25.0 Å². The Morgan fingerprint density at radius 1 is 1.53 bits per heavy atom. The number of aromatic nitrogens is 2. The number of amides is 1. The van der Waals surface area contributed by atoms with Crippen LogP contribution in [0.5, 0.6) is 0 Å². The van der Waals surface area contributed by atoms with Crippen LogP contribution in [0.4, 0.5) is 5.82 Å². The van der Waals surface area contributed by atoms with Crippen LogP contribution < -0.4 is 16.0 Å². The quantitative estimate of drug-likeness (QED) is 0.755. The molecule has 1 aliphatic rings. The Labute approximate surface area is 100 Å². The van der Waals surface area contributed by atoms with Gasteiger partial charge in [-0.15, -0.1) is 0 Å². The Hall–Kier alpha value is -1.69. The number of primary amides is 1. The maximum Gasteiger partial charge on any atom is 0.271 e. The lowest BCUT2D eigenvalue weighted by molar-refractivity contribution is 0.0995. The summed E-state index contributed by atoms with van der Waals surface area (Å²) in [4.78, 5) is 21.5. The van der Waals surface area contributed by atoms with E-state index in [1.54, 1.807) is 6.20 Å². The summed E-state index contributed by atoms with van der Waals surface area (Å²) in [6.07, 6.45) is 5.27. The summed E-state index contributed by atoms with van der Waals surface area (Å²) < 4.78 is 0. The number of likely N-dealkylation sites (N-methyl/N-ethyl adjacent to an activating group) is 1. The second-order valence-corrected chi connectivity index (χ2v) is 4.20. The molecular formula is C11H17N5O. The average molecular weight is 235 g/mol. The van der Waals surface area contributed by atoms with E-state index >= 15 is 0 Å². The van der Waals surface area contributed by atoms with Crippen molar-refractivity contribution >= 4 is 11.7 Å². The van der Waals surface area contributed by atoms with Gasteiger partial charge in [-0.3, -0.25) is 4.79 Å². The maximum atomic E-state index is 11.3. The third-order valence-corrected chi connectivity index (χ3v) is 3.06. The third-order valence-electron chi connectivity index (χ3n) is 3.06. The van der Waals surface area contributed by atoms with Gasteiger partial charge >= 0.3 is 0 Å². The molecule has 0 spiro atoms. The molecule has 0 radical (unpaired) electrons. The molecule has 2 heterocycles. The number of nitrogens with zero attached hydrogens (tertiary/aromatic N) is 3. The molecule has 6 nitrogen and oxygen atoms in total. The van der Waals surface area contributed by atoms with E-state index in [-0.39, 0.29) is 5.69 Å². The predicted molar refractivity (Wildman–Crippen MR) is 64.8 cm³/mol. The minimum Gasteiger partial charge on any atom is -0.364 e. The van der Waals surface area contributed by atoms with Crippen LogP contribution >= 0.6 is 0 Å². The SMILES string of the molecule is CN(c1nccnc1C(N)=O)C1CCCNC1. The van der Waals surface area contributed by atoms with E-state index < -0.39 is 5.91 Å². The molecule has 1 amide bonds. The van der Waals surface area contributed by atoms with E-state index in [4.69, 9.17) is 5.73 Å². The van der Waals surface area contributed by atoms with Gasteiger partial charge in [0.15, 0.2) is 11.5 Å². The number of hydrogen-bond donors (Lipinski definition) is 2. The molecule has 1 fully saturated rings. The Bertz CT molecular complexity index is 403. The summed E-state index contributed by atoms with van der Waals surface area (Å²) in [7, 11) is 1.92. The lowest BCUT2D eigenvalue weighted by atomic mass is 10.1. The molecule has 1 unspecified atom stereocenters. The Balaban J connectivity index is 2.23. The summed E-state index contributed by atoms with van der Waals surface area (Å²) in [6.45, 7) is 1.94. The number of rotatable bonds is 3. The second kappa shape index (κ2) is 5.09. The average Bonchev–Trinajstić information content (AvgIpc) is 2.39. The lowest BCUT2D eigenvalue weighted by Gasteiger charge is -2.32. The van der Waals surface area contributed by atoms with Crippen LogP contribution in [0.25, 0.3) is 0 Å². The highest BCUT2D eigenvalue weighted by molar-refractivity contribution is 5.95. The Morgan fingerprint density at radius 2 is 2.29 bits per heavy atom. The van der Waals surface area contributed by atoms with Crippen LogP contribution in [0, 0.1) is 0 Å². The first-order valence-electron chi connectivity index (χ1n) is 5.74. The zero-order valence-electron chi connectivity index (χ0n) is 9.89. The first-order chi connectivity index (χ1) is 8.20. The second-order valence-electron chi connectivity index (χ2n) is 4.20. The van der Waals surface area contributed by atoms with Crippen LogP contribution in [-0.4, -0.2) is 42.1 Å². The molecule has 1 aliphatic heterocycles. The number of carbonyl (C=O) groups excluding carboxylic acids is 1. The largest absolute Gasteiger partial charge is 0.364 e. The van der Waals surface area contributed by atoms with Crippen molar-refractivity contribution in [2.45, 2.75) is 18.9 Å². The molecule has 0 bridgehead atoms. The smallest absolute Gasteiger partial charge is 0.271 e. The fourth-order valence-electron chi connectivity index (χ4n) is 2.10. The van der Waals surface area contributed by atoms with Gasteiger partial charge in [0.05, 0.1) is 0 Å². The van der Waals surface area contributed by atoms with Crippen LogP contribution in [0.15, 0.2) is 12.4 Å². The number of carbonyl (C=O) groups is 1. The molecule has 1 aromatic rings. The van der Waals surface area contributed by atoms with E-state index in [0.29, 0.717) is 11.9 Å². The van der Waals surface area contributed by atoms with Gasteiger partial charge in [-0.05, 0) is 19.4 Å². The highest BCUT2D eigenvalue weighted by atomic mass is 16.1. The van der Waals surface area contributed by atoms with Gasteiger partial charge < -0.3 is 16.0 Å². The van der Waals surface area contributed by atoms with Crippen molar-refractivity contribution in [1.82, 2.24) is 15.3 Å². The van der Waals surface area contributed by atoms with Gasteiger partial charge in [0.1, 0.15) is 0 Å². The first kappa shape index (κ1) is 11.8. The molecule has 3 N–H and O–H groups in total. The monoisotopic (exact) mass is 235 g/mol. The molecule has 1 aromatic heterocycles. The molecule has 92 valence electrons. The zero-order chi connectivity index (χ0) is 12.3. The van der Waals surface area contributed by atoms with Crippen molar-refractivity contribution in [3.8, 4) is 0 Å². The summed E-state index contributed by atoms with van der Waals surface area (Å²) in [5.74, 6) is 0.0254. The number of nitrogens with one attached hydrogen (secondary N) is 1. The molecule has 0 aromatic carbocycles. The molecule has 1 saturated heterocycles. The fraction of sp³-hybridized carbons (Fsp3) is 0.545. The number of hydrogen-bond acceptors (Lipinski definition) is 5. The molecule has 1 atom stereocenters. The Morgan fingerprint density at radius 3 is 2.94 bits per heavy atom. The third kappa shape index (κ3) is 2.52.